The molecule has 0 unspecified atom stereocenters. The van der Waals surface area contributed by atoms with Crippen LogP contribution in [0.4, 0.5) is 10.8 Å². The van der Waals surface area contributed by atoms with Crippen molar-refractivity contribution in [2.75, 3.05) is 63.2 Å². The number of aryl methyl sites for hydroxylation is 1. The highest BCUT2D eigenvalue weighted by molar-refractivity contribution is 7.09. The first kappa shape index (κ1) is 19.4. The van der Waals surface area contributed by atoms with Crippen molar-refractivity contribution < 1.29 is 0 Å². The SMILES string of the molecule is CCc1nsc(N2CCN(C(=NC)NCCN(C)c3ccccc3)CC2)n1. The lowest BCUT2D eigenvalue weighted by atomic mass is 10.3. The van der Waals surface area contributed by atoms with Gasteiger partial charge in [-0.2, -0.15) is 4.37 Å². The molecule has 8 heteroatoms. The first-order valence-corrected chi connectivity index (χ1v) is 10.3. The highest BCUT2D eigenvalue weighted by atomic mass is 32.1. The molecule has 1 aromatic heterocycles. The maximum Gasteiger partial charge on any atom is 0.205 e. The molecular weight excluding hydrogens is 358 g/mol. The second-order valence-electron chi connectivity index (χ2n) is 6.55. The van der Waals surface area contributed by atoms with Gasteiger partial charge in [0.2, 0.25) is 5.13 Å². The number of nitrogens with one attached hydrogen (secondary N) is 1. The predicted molar refractivity (Wildman–Crippen MR) is 114 cm³/mol. The van der Waals surface area contributed by atoms with Crippen LogP contribution >= 0.6 is 11.5 Å². The van der Waals surface area contributed by atoms with Crippen LogP contribution in [-0.4, -0.2) is 73.6 Å². The van der Waals surface area contributed by atoms with E-state index in [9.17, 15) is 0 Å². The summed E-state index contributed by atoms with van der Waals surface area (Å²) in [7, 11) is 3.97. The minimum absolute atomic E-state index is 0.856. The number of para-hydroxylation sites is 1. The number of guanidine groups is 1. The van der Waals surface area contributed by atoms with Crippen LogP contribution in [0.1, 0.15) is 12.7 Å². The lowest BCUT2D eigenvalue weighted by Gasteiger charge is -2.36. The monoisotopic (exact) mass is 387 g/mol. The molecule has 1 aromatic carbocycles. The first-order valence-electron chi connectivity index (χ1n) is 9.50. The molecule has 1 aliphatic heterocycles. The van der Waals surface area contributed by atoms with Crippen molar-refractivity contribution in [3.05, 3.63) is 36.2 Å². The van der Waals surface area contributed by atoms with Gasteiger partial charge in [0.15, 0.2) is 5.96 Å². The molecule has 1 N–H and O–H groups in total. The zero-order chi connectivity index (χ0) is 19.1. The summed E-state index contributed by atoms with van der Waals surface area (Å²) in [5.74, 6) is 1.92. The van der Waals surface area contributed by atoms with E-state index >= 15 is 0 Å². The van der Waals surface area contributed by atoms with Gasteiger partial charge in [-0.15, -0.1) is 0 Å². The number of hydrogen-bond donors (Lipinski definition) is 1. The average molecular weight is 388 g/mol. The second kappa shape index (κ2) is 9.55. The van der Waals surface area contributed by atoms with Gasteiger partial charge in [0.05, 0.1) is 0 Å². The molecular formula is C19H29N7S. The summed E-state index contributed by atoms with van der Waals surface area (Å²) in [4.78, 5) is 16.0. The minimum Gasteiger partial charge on any atom is -0.373 e. The van der Waals surface area contributed by atoms with E-state index in [4.69, 9.17) is 0 Å². The van der Waals surface area contributed by atoms with Crippen LogP contribution in [0.2, 0.25) is 0 Å². The van der Waals surface area contributed by atoms with Crippen molar-refractivity contribution in [3.8, 4) is 0 Å². The molecule has 2 heterocycles. The molecule has 2 aromatic rings. The van der Waals surface area contributed by atoms with E-state index < -0.39 is 0 Å². The lowest BCUT2D eigenvalue weighted by molar-refractivity contribution is 0.373. The highest BCUT2D eigenvalue weighted by Crippen LogP contribution is 2.19. The van der Waals surface area contributed by atoms with Crippen LogP contribution in [0.3, 0.4) is 0 Å². The number of piperazine rings is 1. The van der Waals surface area contributed by atoms with E-state index in [-0.39, 0.29) is 0 Å². The summed E-state index contributed by atoms with van der Waals surface area (Å²) < 4.78 is 4.40. The fourth-order valence-electron chi connectivity index (χ4n) is 3.11. The fourth-order valence-corrected chi connectivity index (χ4v) is 3.91. The topological polar surface area (TPSA) is 59.9 Å². The molecule has 0 spiro atoms. The summed E-state index contributed by atoms with van der Waals surface area (Å²) >= 11 is 1.51. The van der Waals surface area contributed by atoms with E-state index in [1.807, 2.05) is 13.1 Å². The third-order valence-electron chi connectivity index (χ3n) is 4.76. The Morgan fingerprint density at radius 1 is 1.22 bits per heavy atom. The third-order valence-corrected chi connectivity index (χ3v) is 5.58. The molecule has 0 bridgehead atoms. The quantitative estimate of drug-likeness (QED) is 0.604. The molecule has 146 valence electrons. The lowest BCUT2D eigenvalue weighted by Crippen LogP contribution is -2.53. The number of aromatic nitrogens is 2. The Morgan fingerprint density at radius 3 is 2.59 bits per heavy atom. The van der Waals surface area contributed by atoms with Crippen LogP contribution in [0, 0.1) is 0 Å². The van der Waals surface area contributed by atoms with Crippen molar-refractivity contribution in [1.82, 2.24) is 19.6 Å². The van der Waals surface area contributed by atoms with Gasteiger partial charge < -0.3 is 20.0 Å². The van der Waals surface area contributed by atoms with Crippen molar-refractivity contribution >= 4 is 28.3 Å². The predicted octanol–water partition coefficient (Wildman–Crippen LogP) is 1.93. The smallest absolute Gasteiger partial charge is 0.205 e. The number of nitrogens with zero attached hydrogens (tertiary/aromatic N) is 6. The number of aliphatic imine (C=N–C) groups is 1. The van der Waals surface area contributed by atoms with Gasteiger partial charge >= 0.3 is 0 Å². The number of likely N-dealkylation sites (N-methyl/N-ethyl adjacent to an activating group) is 1. The van der Waals surface area contributed by atoms with Crippen LogP contribution in [-0.2, 0) is 6.42 Å². The normalized spacial score (nSPS) is 15.1. The Balaban J connectivity index is 1.45. The number of rotatable bonds is 6. The molecule has 0 aliphatic carbocycles. The fraction of sp³-hybridized carbons (Fsp3) is 0.526. The van der Waals surface area contributed by atoms with Crippen molar-refractivity contribution in [1.29, 1.82) is 0 Å². The average Bonchev–Trinajstić information content (AvgIpc) is 3.21. The van der Waals surface area contributed by atoms with Gasteiger partial charge in [-0.05, 0) is 12.1 Å². The Bertz CT molecular complexity index is 723. The molecule has 0 radical (unpaired) electrons. The largest absolute Gasteiger partial charge is 0.373 e. The molecule has 0 amide bonds. The standard InChI is InChI=1S/C19H29N7S/c1-4-17-22-19(27-23-17)26-14-12-25(13-15-26)18(20-2)21-10-11-24(3)16-8-6-5-7-9-16/h5-9H,4,10-15H2,1-3H3,(H,20,21). The summed E-state index contributed by atoms with van der Waals surface area (Å²) in [6.07, 6.45) is 0.893. The molecule has 1 fully saturated rings. The first-order chi connectivity index (χ1) is 13.2. The van der Waals surface area contributed by atoms with Gasteiger partial charge in [0.1, 0.15) is 5.82 Å². The summed E-state index contributed by atoms with van der Waals surface area (Å²) in [6, 6.07) is 10.4. The maximum atomic E-state index is 4.60. The maximum absolute atomic E-state index is 4.60. The Hall–Kier alpha value is -2.35. The summed E-state index contributed by atoms with van der Waals surface area (Å²) in [5, 5.41) is 4.54. The Labute approximate surface area is 165 Å². The van der Waals surface area contributed by atoms with Gasteiger partial charge in [-0.3, -0.25) is 4.99 Å². The summed E-state index contributed by atoms with van der Waals surface area (Å²) in [6.45, 7) is 7.65. The van der Waals surface area contributed by atoms with Crippen molar-refractivity contribution in [2.45, 2.75) is 13.3 Å². The van der Waals surface area contributed by atoms with Crippen LogP contribution in [0.25, 0.3) is 0 Å². The molecule has 3 rings (SSSR count). The second-order valence-corrected chi connectivity index (χ2v) is 7.28. The zero-order valence-electron chi connectivity index (χ0n) is 16.4. The van der Waals surface area contributed by atoms with E-state index in [2.05, 4.69) is 72.6 Å². The molecule has 0 atom stereocenters. The van der Waals surface area contributed by atoms with E-state index in [0.717, 1.165) is 62.6 Å². The molecule has 7 nitrogen and oxygen atoms in total. The number of hydrogen-bond acceptors (Lipinski definition) is 6. The van der Waals surface area contributed by atoms with Gasteiger partial charge in [0, 0.05) is 77.0 Å². The zero-order valence-corrected chi connectivity index (χ0v) is 17.2. The Kier molecular flexibility index (Phi) is 6.86. The van der Waals surface area contributed by atoms with Crippen LogP contribution in [0.15, 0.2) is 35.3 Å². The number of benzene rings is 1. The van der Waals surface area contributed by atoms with Crippen LogP contribution in [0.5, 0.6) is 0 Å². The van der Waals surface area contributed by atoms with Crippen molar-refractivity contribution in [2.24, 2.45) is 4.99 Å². The van der Waals surface area contributed by atoms with E-state index in [1.165, 1.54) is 17.2 Å². The van der Waals surface area contributed by atoms with Crippen molar-refractivity contribution in [3.63, 3.8) is 0 Å². The summed E-state index contributed by atoms with van der Waals surface area (Å²) in [5.41, 5.74) is 1.23. The van der Waals surface area contributed by atoms with Gasteiger partial charge in [-0.1, -0.05) is 25.1 Å². The molecule has 1 saturated heterocycles. The third kappa shape index (κ3) is 5.09. The van der Waals surface area contributed by atoms with E-state index in [0.29, 0.717) is 0 Å². The van der Waals surface area contributed by atoms with Gasteiger partial charge in [0.25, 0.3) is 0 Å². The van der Waals surface area contributed by atoms with Gasteiger partial charge in [-0.25, -0.2) is 4.98 Å². The number of anilines is 2. The minimum atomic E-state index is 0.856. The highest BCUT2D eigenvalue weighted by Gasteiger charge is 2.21. The molecule has 27 heavy (non-hydrogen) atoms. The van der Waals surface area contributed by atoms with E-state index in [1.54, 1.807) is 0 Å². The van der Waals surface area contributed by atoms with Crippen LogP contribution < -0.4 is 15.1 Å². The Morgan fingerprint density at radius 2 is 1.96 bits per heavy atom. The molecule has 1 aliphatic rings. The molecule has 0 saturated carbocycles.